The van der Waals surface area contributed by atoms with E-state index in [2.05, 4.69) is 17.2 Å². The zero-order chi connectivity index (χ0) is 13.8. The lowest BCUT2D eigenvalue weighted by Crippen LogP contribution is -2.38. The average molecular weight is 282 g/mol. The van der Waals surface area contributed by atoms with E-state index in [9.17, 15) is 4.79 Å². The van der Waals surface area contributed by atoms with Gasteiger partial charge >= 0.3 is 0 Å². The van der Waals surface area contributed by atoms with Crippen molar-refractivity contribution in [1.29, 1.82) is 0 Å². The van der Waals surface area contributed by atoms with Crippen molar-refractivity contribution >= 4 is 17.7 Å². The first-order valence-electron chi connectivity index (χ1n) is 6.90. The molecule has 5 heteroatoms. The number of rotatable bonds is 4. The third-order valence-corrected chi connectivity index (χ3v) is 4.54. The van der Waals surface area contributed by atoms with Gasteiger partial charge in [-0.2, -0.15) is 0 Å². The number of nitrogens with zero attached hydrogens (tertiary/aromatic N) is 1. The van der Waals surface area contributed by atoms with E-state index in [1.54, 1.807) is 0 Å². The minimum Gasteiger partial charge on any atom is -0.437 e. The van der Waals surface area contributed by atoms with Crippen LogP contribution in [0.4, 0.5) is 0 Å². The number of aromatic nitrogens is 1. The molecule has 1 saturated carbocycles. The molecular formula is C14H22N2O2S. The van der Waals surface area contributed by atoms with Crippen molar-refractivity contribution in [3.05, 3.63) is 11.5 Å². The Morgan fingerprint density at radius 3 is 2.63 bits per heavy atom. The number of hydrogen-bond donors (Lipinski definition) is 1. The van der Waals surface area contributed by atoms with E-state index in [4.69, 9.17) is 4.42 Å². The molecule has 1 N–H and O–H groups in total. The molecule has 0 bridgehead atoms. The van der Waals surface area contributed by atoms with Gasteiger partial charge in [0.15, 0.2) is 0 Å². The van der Waals surface area contributed by atoms with Gasteiger partial charge in [0.25, 0.3) is 5.22 Å². The Hall–Kier alpha value is -0.970. The molecule has 106 valence electrons. The van der Waals surface area contributed by atoms with Crippen LogP contribution >= 0.6 is 11.8 Å². The highest BCUT2D eigenvalue weighted by Crippen LogP contribution is 2.24. The molecule has 0 aliphatic heterocycles. The third-order valence-electron chi connectivity index (χ3n) is 3.72. The first-order valence-corrected chi connectivity index (χ1v) is 7.89. The lowest BCUT2D eigenvalue weighted by atomic mass is 9.87. The largest absolute Gasteiger partial charge is 0.437 e. The quantitative estimate of drug-likeness (QED) is 0.862. The van der Waals surface area contributed by atoms with Crippen molar-refractivity contribution in [3.8, 4) is 0 Å². The molecule has 1 heterocycles. The summed E-state index contributed by atoms with van der Waals surface area (Å²) in [5, 5.41) is 3.69. The van der Waals surface area contributed by atoms with Crippen molar-refractivity contribution in [1.82, 2.24) is 10.3 Å². The van der Waals surface area contributed by atoms with Crippen molar-refractivity contribution in [3.63, 3.8) is 0 Å². The fourth-order valence-corrected chi connectivity index (χ4v) is 3.03. The fraction of sp³-hybridized carbons (Fsp3) is 0.714. The molecule has 0 radical (unpaired) electrons. The normalized spacial score (nSPS) is 23.3. The van der Waals surface area contributed by atoms with Gasteiger partial charge in [-0.1, -0.05) is 18.7 Å². The molecule has 1 aliphatic rings. The van der Waals surface area contributed by atoms with E-state index < -0.39 is 0 Å². The summed E-state index contributed by atoms with van der Waals surface area (Å²) in [6, 6.07) is 0.359. The van der Waals surface area contributed by atoms with E-state index in [-0.39, 0.29) is 5.91 Å². The second-order valence-corrected chi connectivity index (χ2v) is 6.36. The molecule has 0 unspecified atom stereocenters. The zero-order valence-corrected chi connectivity index (χ0v) is 12.7. The maximum Gasteiger partial charge on any atom is 0.256 e. The lowest BCUT2D eigenvalue weighted by Gasteiger charge is -2.26. The zero-order valence-electron chi connectivity index (χ0n) is 11.9. The lowest BCUT2D eigenvalue weighted by molar-refractivity contribution is -0.119. The summed E-state index contributed by atoms with van der Waals surface area (Å²) in [6.07, 6.45) is 4.65. The van der Waals surface area contributed by atoms with Crippen molar-refractivity contribution in [2.45, 2.75) is 57.7 Å². The monoisotopic (exact) mass is 282 g/mol. The predicted octanol–water partition coefficient (Wildman–Crippen LogP) is 3.08. The van der Waals surface area contributed by atoms with E-state index in [1.165, 1.54) is 24.6 Å². The summed E-state index contributed by atoms with van der Waals surface area (Å²) in [5.74, 6) is 2.09. The van der Waals surface area contributed by atoms with Crippen LogP contribution in [0.15, 0.2) is 9.64 Å². The second kappa shape index (κ2) is 6.46. The molecule has 1 fully saturated rings. The first kappa shape index (κ1) is 14.4. The molecule has 2 rings (SSSR count). The maximum absolute atomic E-state index is 11.9. The van der Waals surface area contributed by atoms with E-state index in [0.717, 1.165) is 30.2 Å². The van der Waals surface area contributed by atoms with E-state index >= 15 is 0 Å². The molecule has 0 aromatic carbocycles. The molecule has 0 spiro atoms. The smallest absolute Gasteiger partial charge is 0.256 e. The van der Waals surface area contributed by atoms with Crippen LogP contribution in [-0.2, 0) is 4.79 Å². The van der Waals surface area contributed by atoms with Crippen LogP contribution < -0.4 is 5.32 Å². The predicted molar refractivity (Wildman–Crippen MR) is 76.3 cm³/mol. The Labute approximate surface area is 118 Å². The minimum atomic E-state index is 0.0815. The second-order valence-electron chi connectivity index (χ2n) is 5.43. The van der Waals surface area contributed by atoms with Gasteiger partial charge in [0, 0.05) is 6.04 Å². The van der Waals surface area contributed by atoms with Gasteiger partial charge in [0.2, 0.25) is 5.91 Å². The van der Waals surface area contributed by atoms with Crippen LogP contribution in [0.3, 0.4) is 0 Å². The molecular weight excluding hydrogens is 260 g/mol. The Morgan fingerprint density at radius 1 is 1.37 bits per heavy atom. The molecule has 0 saturated heterocycles. The highest BCUT2D eigenvalue weighted by Gasteiger charge is 2.20. The van der Waals surface area contributed by atoms with Gasteiger partial charge in [-0.3, -0.25) is 4.79 Å². The topological polar surface area (TPSA) is 55.1 Å². The number of oxazole rings is 1. The van der Waals surface area contributed by atoms with Gasteiger partial charge in [0.1, 0.15) is 5.76 Å². The van der Waals surface area contributed by atoms with Crippen LogP contribution in [0.5, 0.6) is 0 Å². The Kier molecular flexibility index (Phi) is 4.91. The number of nitrogens with one attached hydrogen (secondary N) is 1. The minimum absolute atomic E-state index is 0.0815. The highest BCUT2D eigenvalue weighted by molar-refractivity contribution is 7.99. The number of amides is 1. The highest BCUT2D eigenvalue weighted by atomic mass is 32.2. The molecule has 19 heavy (non-hydrogen) atoms. The first-order chi connectivity index (χ1) is 9.04. The Bertz CT molecular complexity index is 417. The van der Waals surface area contributed by atoms with Gasteiger partial charge in [0.05, 0.1) is 11.4 Å². The van der Waals surface area contributed by atoms with Crippen molar-refractivity contribution in [2.75, 3.05) is 5.75 Å². The van der Waals surface area contributed by atoms with Crippen LogP contribution in [0.1, 0.15) is 44.1 Å². The standard InChI is InChI=1S/C14H22N2O2S/c1-9-4-6-12(7-5-9)16-13(17)8-19-14-15-10(2)11(3)18-14/h9,12H,4-8H2,1-3H3,(H,16,17). The van der Waals surface area contributed by atoms with Gasteiger partial charge in [-0.15, -0.1) is 0 Å². The molecule has 1 aliphatic carbocycles. The van der Waals surface area contributed by atoms with Crippen LogP contribution in [0.2, 0.25) is 0 Å². The number of aryl methyl sites for hydroxylation is 2. The Morgan fingerprint density at radius 2 is 2.05 bits per heavy atom. The molecule has 1 amide bonds. The molecule has 1 aromatic rings. The Balaban J connectivity index is 1.72. The number of carbonyl (C=O) groups is 1. The van der Waals surface area contributed by atoms with Crippen LogP contribution in [0.25, 0.3) is 0 Å². The summed E-state index contributed by atoms with van der Waals surface area (Å²) >= 11 is 1.36. The van der Waals surface area contributed by atoms with E-state index in [0.29, 0.717) is 17.0 Å². The van der Waals surface area contributed by atoms with Gasteiger partial charge in [-0.25, -0.2) is 4.98 Å². The molecule has 4 nitrogen and oxygen atoms in total. The van der Waals surface area contributed by atoms with Crippen LogP contribution in [0, 0.1) is 19.8 Å². The summed E-state index contributed by atoms with van der Waals surface area (Å²) in [4.78, 5) is 16.1. The summed E-state index contributed by atoms with van der Waals surface area (Å²) < 4.78 is 5.44. The summed E-state index contributed by atoms with van der Waals surface area (Å²) in [5.41, 5.74) is 0.893. The summed E-state index contributed by atoms with van der Waals surface area (Å²) in [7, 11) is 0. The van der Waals surface area contributed by atoms with Crippen molar-refractivity contribution < 1.29 is 9.21 Å². The summed E-state index contributed by atoms with van der Waals surface area (Å²) in [6.45, 7) is 6.07. The van der Waals surface area contributed by atoms with Gasteiger partial charge < -0.3 is 9.73 Å². The third kappa shape index (κ3) is 4.27. The van der Waals surface area contributed by atoms with E-state index in [1.807, 2.05) is 13.8 Å². The number of thioether (sulfide) groups is 1. The van der Waals surface area contributed by atoms with Crippen LogP contribution in [-0.4, -0.2) is 22.7 Å². The number of hydrogen-bond acceptors (Lipinski definition) is 4. The fourth-order valence-electron chi connectivity index (χ4n) is 2.31. The maximum atomic E-state index is 11.9. The average Bonchev–Trinajstić information content (AvgIpc) is 2.69. The SMILES string of the molecule is Cc1nc(SCC(=O)NC2CCC(C)CC2)oc1C. The molecule has 1 aromatic heterocycles. The molecule has 0 atom stereocenters. The van der Waals surface area contributed by atoms with Crippen molar-refractivity contribution in [2.24, 2.45) is 5.92 Å². The van der Waals surface area contributed by atoms with Gasteiger partial charge in [-0.05, 0) is 45.4 Å². The number of carbonyl (C=O) groups excluding carboxylic acids is 1.